The van der Waals surface area contributed by atoms with E-state index in [0.717, 1.165) is 6.08 Å². The molecule has 0 fully saturated rings. The van der Waals surface area contributed by atoms with Crippen LogP contribution in [0, 0.1) is 5.41 Å². The molecule has 1 N–H and O–H groups in total. The Kier molecular flexibility index (Phi) is 3.61. The number of halogens is 6. The fraction of sp³-hybridized carbons (Fsp3) is 0.600. The second-order valence-electron chi connectivity index (χ2n) is 3.89. The van der Waals surface area contributed by atoms with Gasteiger partial charge < -0.3 is 5.32 Å². The standard InChI is InChI=1S/C10H11F6N/c1-17-6-8(10(14,15)16)4-2-3-7(5-8)9(11,12)13/h2-3,5,17H,4,6H2,1H3. The molecule has 0 amide bonds. The third kappa shape index (κ3) is 2.83. The van der Waals surface area contributed by atoms with E-state index in [9.17, 15) is 26.3 Å². The van der Waals surface area contributed by atoms with E-state index >= 15 is 0 Å². The van der Waals surface area contributed by atoms with Crippen molar-refractivity contribution < 1.29 is 26.3 Å². The Hall–Kier alpha value is -0.980. The van der Waals surface area contributed by atoms with Crippen molar-refractivity contribution in [3.63, 3.8) is 0 Å². The topological polar surface area (TPSA) is 12.0 Å². The molecular formula is C10H11F6N. The van der Waals surface area contributed by atoms with Crippen LogP contribution in [0.1, 0.15) is 6.42 Å². The molecule has 0 saturated heterocycles. The van der Waals surface area contributed by atoms with Crippen LogP contribution in [0.2, 0.25) is 0 Å². The van der Waals surface area contributed by atoms with Crippen molar-refractivity contribution in [2.45, 2.75) is 18.8 Å². The highest BCUT2D eigenvalue weighted by molar-refractivity contribution is 5.32. The van der Waals surface area contributed by atoms with Crippen LogP contribution < -0.4 is 5.32 Å². The Morgan fingerprint density at radius 2 is 1.82 bits per heavy atom. The van der Waals surface area contributed by atoms with Gasteiger partial charge in [-0.05, 0) is 13.5 Å². The van der Waals surface area contributed by atoms with Crippen LogP contribution in [0.5, 0.6) is 0 Å². The highest BCUT2D eigenvalue weighted by Gasteiger charge is 2.54. The lowest BCUT2D eigenvalue weighted by molar-refractivity contribution is -0.204. The van der Waals surface area contributed by atoms with E-state index in [1.165, 1.54) is 7.05 Å². The molecule has 17 heavy (non-hydrogen) atoms. The molecule has 0 heterocycles. The molecule has 0 spiro atoms. The van der Waals surface area contributed by atoms with Gasteiger partial charge in [-0.3, -0.25) is 0 Å². The molecule has 98 valence electrons. The Labute approximate surface area is 94.2 Å². The summed E-state index contributed by atoms with van der Waals surface area (Å²) >= 11 is 0. The highest BCUT2D eigenvalue weighted by atomic mass is 19.4. The first-order valence-corrected chi connectivity index (χ1v) is 4.80. The zero-order valence-electron chi connectivity index (χ0n) is 8.91. The Bertz CT molecular complexity index is 338. The summed E-state index contributed by atoms with van der Waals surface area (Å²) in [4.78, 5) is 0. The van der Waals surface area contributed by atoms with E-state index in [-0.39, 0.29) is 6.08 Å². The molecule has 1 rings (SSSR count). The van der Waals surface area contributed by atoms with Crippen molar-refractivity contribution in [1.29, 1.82) is 0 Å². The zero-order chi connectivity index (χ0) is 13.3. The maximum absolute atomic E-state index is 12.9. The number of alkyl halides is 6. The predicted molar refractivity (Wildman–Crippen MR) is 50.3 cm³/mol. The molecule has 0 aromatic carbocycles. The van der Waals surface area contributed by atoms with Gasteiger partial charge in [0, 0.05) is 6.54 Å². The summed E-state index contributed by atoms with van der Waals surface area (Å²) in [5, 5.41) is 2.29. The minimum absolute atomic E-state index is 0.267. The summed E-state index contributed by atoms with van der Waals surface area (Å²) in [6.07, 6.45) is -8.12. The van der Waals surface area contributed by atoms with Crippen LogP contribution in [0.15, 0.2) is 23.8 Å². The van der Waals surface area contributed by atoms with Gasteiger partial charge in [-0.25, -0.2) is 0 Å². The van der Waals surface area contributed by atoms with Crippen molar-refractivity contribution in [2.24, 2.45) is 5.41 Å². The zero-order valence-corrected chi connectivity index (χ0v) is 8.91. The quantitative estimate of drug-likeness (QED) is 0.751. The minimum Gasteiger partial charge on any atom is -0.319 e. The summed E-state index contributed by atoms with van der Waals surface area (Å²) in [6.45, 7) is -0.583. The van der Waals surface area contributed by atoms with Crippen molar-refractivity contribution in [3.8, 4) is 0 Å². The van der Waals surface area contributed by atoms with E-state index < -0.39 is 36.3 Å². The van der Waals surface area contributed by atoms with E-state index in [1.54, 1.807) is 0 Å². The van der Waals surface area contributed by atoms with Gasteiger partial charge >= 0.3 is 12.4 Å². The monoisotopic (exact) mass is 259 g/mol. The van der Waals surface area contributed by atoms with Crippen LogP contribution >= 0.6 is 0 Å². The summed E-state index contributed by atoms with van der Waals surface area (Å²) in [5.41, 5.74) is -3.74. The molecule has 1 nitrogen and oxygen atoms in total. The Morgan fingerprint density at radius 3 is 2.24 bits per heavy atom. The van der Waals surface area contributed by atoms with Crippen molar-refractivity contribution >= 4 is 0 Å². The molecule has 0 aliphatic heterocycles. The van der Waals surface area contributed by atoms with Crippen LogP contribution in [-0.4, -0.2) is 25.9 Å². The second-order valence-corrected chi connectivity index (χ2v) is 3.89. The fourth-order valence-corrected chi connectivity index (χ4v) is 1.71. The summed E-state index contributed by atoms with van der Waals surface area (Å²) in [6, 6.07) is 0. The smallest absolute Gasteiger partial charge is 0.319 e. The first-order valence-electron chi connectivity index (χ1n) is 4.80. The van der Waals surface area contributed by atoms with E-state index in [1.807, 2.05) is 0 Å². The first kappa shape index (κ1) is 14.1. The van der Waals surface area contributed by atoms with Crippen molar-refractivity contribution in [3.05, 3.63) is 23.8 Å². The fourth-order valence-electron chi connectivity index (χ4n) is 1.71. The van der Waals surface area contributed by atoms with Crippen LogP contribution in [-0.2, 0) is 0 Å². The summed E-state index contributed by atoms with van der Waals surface area (Å²) < 4.78 is 75.8. The van der Waals surface area contributed by atoms with Gasteiger partial charge in [-0.1, -0.05) is 18.2 Å². The van der Waals surface area contributed by atoms with Crippen molar-refractivity contribution in [1.82, 2.24) is 5.32 Å². The average molecular weight is 259 g/mol. The molecule has 0 radical (unpaired) electrons. The molecule has 1 aliphatic carbocycles. The first-order chi connectivity index (χ1) is 7.62. The lowest BCUT2D eigenvalue weighted by atomic mass is 9.78. The van der Waals surface area contributed by atoms with Gasteiger partial charge in [0.05, 0.1) is 5.57 Å². The predicted octanol–water partition coefficient (Wildman–Crippen LogP) is 3.20. The highest BCUT2D eigenvalue weighted by Crippen LogP contribution is 2.47. The molecular weight excluding hydrogens is 248 g/mol. The number of hydrogen-bond acceptors (Lipinski definition) is 1. The Balaban J connectivity index is 3.18. The van der Waals surface area contributed by atoms with E-state index in [4.69, 9.17) is 0 Å². The summed E-state index contributed by atoms with van der Waals surface area (Å²) in [7, 11) is 1.27. The van der Waals surface area contributed by atoms with Crippen LogP contribution in [0.3, 0.4) is 0 Å². The molecule has 7 heteroatoms. The molecule has 0 aromatic rings. The Morgan fingerprint density at radius 1 is 1.24 bits per heavy atom. The van der Waals surface area contributed by atoms with Gasteiger partial charge in [-0.2, -0.15) is 26.3 Å². The SMILES string of the molecule is CNCC1(C(F)(F)F)C=C(C(F)(F)F)C=CC1. The van der Waals surface area contributed by atoms with Gasteiger partial charge in [0.15, 0.2) is 0 Å². The van der Waals surface area contributed by atoms with Crippen molar-refractivity contribution in [2.75, 3.05) is 13.6 Å². The summed E-state index contributed by atoms with van der Waals surface area (Å²) in [5.74, 6) is 0. The number of rotatable bonds is 2. The lowest BCUT2D eigenvalue weighted by Gasteiger charge is -2.34. The number of nitrogens with one attached hydrogen (secondary N) is 1. The normalized spacial score (nSPS) is 25.9. The molecule has 0 saturated carbocycles. The largest absolute Gasteiger partial charge is 0.416 e. The van der Waals surface area contributed by atoms with Gasteiger partial charge in [0.25, 0.3) is 0 Å². The van der Waals surface area contributed by atoms with Crippen LogP contribution in [0.4, 0.5) is 26.3 Å². The lowest BCUT2D eigenvalue weighted by Crippen LogP contribution is -2.45. The maximum Gasteiger partial charge on any atom is 0.416 e. The average Bonchev–Trinajstić information content (AvgIpc) is 2.15. The molecule has 1 aliphatic rings. The maximum atomic E-state index is 12.9. The number of hydrogen-bond donors (Lipinski definition) is 1. The number of allylic oxidation sites excluding steroid dienone is 3. The van der Waals surface area contributed by atoms with E-state index in [2.05, 4.69) is 5.32 Å². The van der Waals surface area contributed by atoms with Gasteiger partial charge in [0.1, 0.15) is 5.41 Å². The van der Waals surface area contributed by atoms with Crippen LogP contribution in [0.25, 0.3) is 0 Å². The third-order valence-corrected chi connectivity index (χ3v) is 2.60. The molecule has 0 bridgehead atoms. The molecule has 1 atom stereocenters. The molecule has 1 unspecified atom stereocenters. The van der Waals surface area contributed by atoms with Gasteiger partial charge in [-0.15, -0.1) is 0 Å². The van der Waals surface area contributed by atoms with Gasteiger partial charge in [0.2, 0.25) is 0 Å². The molecule has 0 aromatic heterocycles. The van der Waals surface area contributed by atoms with E-state index in [0.29, 0.717) is 6.08 Å². The minimum atomic E-state index is -4.76. The third-order valence-electron chi connectivity index (χ3n) is 2.60. The second kappa shape index (κ2) is 4.36.